The van der Waals surface area contributed by atoms with Gasteiger partial charge in [0.25, 0.3) is 0 Å². The quantitative estimate of drug-likeness (QED) is 0.515. The summed E-state index contributed by atoms with van der Waals surface area (Å²) in [6.45, 7) is 0.202. The minimum Gasteiger partial charge on any atom is -0.394 e. The number of hydrogen-bond donors (Lipinski definition) is 1. The zero-order chi connectivity index (χ0) is 12.5. The molecule has 0 saturated heterocycles. The van der Waals surface area contributed by atoms with Gasteiger partial charge in [-0.15, -0.1) is 0 Å². The summed E-state index contributed by atoms with van der Waals surface area (Å²) in [5.41, 5.74) is 0. The van der Waals surface area contributed by atoms with E-state index in [0.717, 1.165) is 0 Å². The van der Waals surface area contributed by atoms with E-state index in [1.54, 1.807) is 12.1 Å². The normalized spacial score (nSPS) is 16.2. The highest BCUT2D eigenvalue weighted by Crippen LogP contribution is 2.22. The van der Waals surface area contributed by atoms with Gasteiger partial charge in [-0.05, 0) is 12.1 Å². The first-order valence-electron chi connectivity index (χ1n) is 4.86. The van der Waals surface area contributed by atoms with Crippen LogP contribution < -0.4 is 10.7 Å². The predicted molar refractivity (Wildman–Crippen MR) is 65.3 cm³/mol. The average molecular weight is 296 g/mol. The van der Waals surface area contributed by atoms with Gasteiger partial charge in [-0.25, -0.2) is 9.98 Å². The van der Waals surface area contributed by atoms with Crippen LogP contribution in [0.4, 0.5) is 0 Å². The van der Waals surface area contributed by atoms with E-state index in [1.165, 1.54) is 0 Å². The number of hydrogen-bond acceptors (Lipinski definition) is 4. The summed E-state index contributed by atoms with van der Waals surface area (Å²) in [7, 11) is 0. The third-order valence-electron chi connectivity index (χ3n) is 2.12. The molecule has 4 nitrogen and oxygen atoms in total. The van der Waals surface area contributed by atoms with Gasteiger partial charge >= 0.3 is 0 Å². The van der Waals surface area contributed by atoms with Crippen molar-refractivity contribution in [1.82, 2.24) is 0 Å². The lowest BCUT2D eigenvalue weighted by atomic mass is 10.3. The van der Waals surface area contributed by atoms with E-state index < -0.39 is 5.12 Å². The smallest absolute Gasteiger partial charge is 0.250 e. The maximum atomic E-state index is 8.61. The summed E-state index contributed by atoms with van der Waals surface area (Å²) >= 11 is 17.9. The van der Waals surface area contributed by atoms with E-state index in [4.69, 9.17) is 44.6 Å². The number of rotatable bonds is 4. The summed E-state index contributed by atoms with van der Waals surface area (Å²) in [5.74, 6) is 0. The highest BCUT2D eigenvalue weighted by molar-refractivity contribution is 6.41. The number of fused-ring (bicyclic) bond motifs is 1. The van der Waals surface area contributed by atoms with Gasteiger partial charge in [-0.1, -0.05) is 34.8 Å². The molecule has 7 heteroatoms. The number of alkyl halides is 1. The standard InChI is InChI=1S/C10H9Cl3N2O2/c11-6-3-8-9(4-7(6)12)15-10(13,14-8)5-17-2-1-16/h3-4,16H,1-2,5H2. The Morgan fingerprint density at radius 2 is 1.71 bits per heavy atom. The third kappa shape index (κ3) is 2.89. The van der Waals surface area contributed by atoms with E-state index in [9.17, 15) is 0 Å². The number of aliphatic hydroxyl groups is 1. The van der Waals surface area contributed by atoms with Gasteiger partial charge in [0.1, 0.15) is 6.61 Å². The fraction of sp³-hybridized carbons (Fsp3) is 0.400. The molecule has 0 unspecified atom stereocenters. The monoisotopic (exact) mass is 294 g/mol. The van der Waals surface area contributed by atoms with Gasteiger partial charge in [-0.2, -0.15) is 0 Å². The second-order valence-electron chi connectivity index (χ2n) is 3.47. The predicted octanol–water partition coefficient (Wildman–Crippen LogP) is 1.15. The zero-order valence-corrected chi connectivity index (χ0v) is 10.9. The Labute approximate surface area is 112 Å². The Kier molecular flexibility index (Phi) is 3.90. The molecule has 0 atom stereocenters. The number of ether oxygens (including phenoxy) is 1. The lowest BCUT2D eigenvalue weighted by Crippen LogP contribution is -2.23. The van der Waals surface area contributed by atoms with Gasteiger partial charge < -0.3 is 9.84 Å². The van der Waals surface area contributed by atoms with Gasteiger partial charge in [0.15, 0.2) is 0 Å². The molecule has 1 aromatic carbocycles. The fourth-order valence-electron chi connectivity index (χ4n) is 1.43. The summed E-state index contributed by atoms with van der Waals surface area (Å²) < 4.78 is 5.13. The van der Waals surface area contributed by atoms with Crippen LogP contribution in [0.5, 0.6) is 0 Å². The molecule has 0 aromatic heterocycles. The van der Waals surface area contributed by atoms with Crippen LogP contribution in [0.15, 0.2) is 22.1 Å². The Morgan fingerprint density at radius 1 is 1.18 bits per heavy atom. The van der Waals surface area contributed by atoms with Crippen LogP contribution in [0.3, 0.4) is 0 Å². The van der Waals surface area contributed by atoms with Crippen molar-refractivity contribution in [3.8, 4) is 0 Å². The van der Waals surface area contributed by atoms with Crippen molar-refractivity contribution >= 4 is 34.8 Å². The second-order valence-corrected chi connectivity index (χ2v) is 4.89. The minimum absolute atomic E-state index is 0.0719. The zero-order valence-electron chi connectivity index (χ0n) is 8.66. The molecule has 1 N–H and O–H groups in total. The third-order valence-corrected chi connectivity index (χ3v) is 3.12. The SMILES string of the molecule is OCCOCC1(Cl)N=c2cc(Cl)c(Cl)cc2=N1. The maximum Gasteiger partial charge on any atom is 0.250 e. The van der Waals surface area contributed by atoms with E-state index in [1.807, 2.05) is 0 Å². The number of aliphatic hydroxyl groups excluding tert-OH is 1. The Bertz CT molecular complexity index is 506. The first-order valence-corrected chi connectivity index (χ1v) is 6.00. The number of halogens is 3. The van der Waals surface area contributed by atoms with Crippen molar-refractivity contribution in [3.05, 3.63) is 32.9 Å². The molecule has 17 heavy (non-hydrogen) atoms. The van der Waals surface area contributed by atoms with Crippen molar-refractivity contribution < 1.29 is 9.84 Å². The van der Waals surface area contributed by atoms with E-state index in [2.05, 4.69) is 9.98 Å². The summed E-state index contributed by atoms with van der Waals surface area (Å²) in [6, 6.07) is 3.22. The van der Waals surface area contributed by atoms with Crippen molar-refractivity contribution in [3.63, 3.8) is 0 Å². The van der Waals surface area contributed by atoms with E-state index in [0.29, 0.717) is 20.8 Å². The Hall–Kier alpha value is -0.390. The molecular weight excluding hydrogens is 286 g/mol. The lowest BCUT2D eigenvalue weighted by molar-refractivity contribution is 0.0775. The van der Waals surface area contributed by atoms with Crippen LogP contribution in [0.25, 0.3) is 0 Å². The lowest BCUT2D eigenvalue weighted by Gasteiger charge is -2.13. The summed E-state index contributed by atoms with van der Waals surface area (Å²) in [5, 5.41) is 9.40. The maximum absolute atomic E-state index is 8.61. The number of benzene rings is 1. The molecule has 0 radical (unpaired) electrons. The molecule has 0 spiro atoms. The molecule has 92 valence electrons. The topological polar surface area (TPSA) is 54.2 Å². The van der Waals surface area contributed by atoms with Crippen LogP contribution in [0.2, 0.25) is 10.0 Å². The molecule has 0 fully saturated rings. The molecule has 1 aliphatic rings. The van der Waals surface area contributed by atoms with Gasteiger partial charge in [0.05, 0.1) is 34.0 Å². The molecule has 1 aliphatic heterocycles. The molecule has 1 heterocycles. The van der Waals surface area contributed by atoms with Crippen molar-refractivity contribution in [2.24, 2.45) is 9.98 Å². The van der Waals surface area contributed by atoms with E-state index >= 15 is 0 Å². The van der Waals surface area contributed by atoms with Crippen LogP contribution in [0.1, 0.15) is 0 Å². The van der Waals surface area contributed by atoms with Crippen LogP contribution in [-0.2, 0) is 4.74 Å². The van der Waals surface area contributed by atoms with Crippen molar-refractivity contribution in [2.75, 3.05) is 19.8 Å². The molecule has 0 bridgehead atoms. The molecule has 0 saturated carbocycles. The Morgan fingerprint density at radius 3 is 2.18 bits per heavy atom. The fourth-order valence-corrected chi connectivity index (χ4v) is 2.01. The molecular formula is C10H9Cl3N2O2. The number of nitrogens with zero attached hydrogens (tertiary/aromatic N) is 2. The van der Waals surface area contributed by atoms with Gasteiger partial charge in [0.2, 0.25) is 5.12 Å². The molecule has 0 amide bonds. The minimum atomic E-state index is -1.19. The summed E-state index contributed by atoms with van der Waals surface area (Å²) in [4.78, 5) is 8.41. The molecule has 1 aromatic rings. The second kappa shape index (κ2) is 5.08. The van der Waals surface area contributed by atoms with Gasteiger partial charge in [-0.3, -0.25) is 0 Å². The van der Waals surface area contributed by atoms with Crippen molar-refractivity contribution in [2.45, 2.75) is 5.12 Å². The molecule has 0 aliphatic carbocycles. The van der Waals surface area contributed by atoms with Crippen LogP contribution in [0, 0.1) is 0 Å². The Balaban J connectivity index is 2.29. The van der Waals surface area contributed by atoms with Crippen molar-refractivity contribution in [1.29, 1.82) is 0 Å². The van der Waals surface area contributed by atoms with Crippen LogP contribution in [-0.4, -0.2) is 30.0 Å². The summed E-state index contributed by atoms with van der Waals surface area (Å²) in [6.07, 6.45) is 0. The van der Waals surface area contributed by atoms with E-state index in [-0.39, 0.29) is 19.8 Å². The first-order chi connectivity index (χ1) is 8.04. The highest BCUT2D eigenvalue weighted by Gasteiger charge is 2.28. The first kappa shape index (κ1) is 13.1. The average Bonchev–Trinajstić information content (AvgIpc) is 2.55. The van der Waals surface area contributed by atoms with Gasteiger partial charge in [0, 0.05) is 0 Å². The highest BCUT2D eigenvalue weighted by atomic mass is 35.5. The molecule has 2 rings (SSSR count). The largest absolute Gasteiger partial charge is 0.394 e. The van der Waals surface area contributed by atoms with Crippen LogP contribution >= 0.6 is 34.8 Å².